The number of hydrogen-bond acceptors (Lipinski definition) is 2. The van der Waals surface area contributed by atoms with Crippen LogP contribution in [-0.4, -0.2) is 29.2 Å². The Balaban J connectivity index is 2.74. The van der Waals surface area contributed by atoms with Gasteiger partial charge in [-0.1, -0.05) is 15.9 Å². The van der Waals surface area contributed by atoms with Crippen molar-refractivity contribution >= 4 is 49.1 Å². The van der Waals surface area contributed by atoms with Gasteiger partial charge in [0.2, 0.25) is 0 Å². The van der Waals surface area contributed by atoms with Gasteiger partial charge in [-0.3, -0.25) is 4.79 Å². The lowest BCUT2D eigenvalue weighted by Gasteiger charge is -2.19. The number of carbonyl (C=O) groups excluding carboxylic acids is 1. The summed E-state index contributed by atoms with van der Waals surface area (Å²) < 4.78 is 1.05. The number of alkyl halides is 1. The van der Waals surface area contributed by atoms with Crippen LogP contribution >= 0.6 is 43.2 Å². The molecule has 0 bridgehead atoms. The Morgan fingerprint density at radius 2 is 2.25 bits per heavy atom. The molecule has 0 saturated carbocycles. The molecule has 1 rings (SSSR count). The third-order valence-corrected chi connectivity index (χ3v) is 4.98. The maximum atomic E-state index is 12.1. The molecule has 0 radical (unpaired) electrons. The molecule has 1 aromatic rings. The highest BCUT2D eigenvalue weighted by Crippen LogP contribution is 2.28. The first-order valence-electron chi connectivity index (χ1n) is 5.21. The predicted octanol–water partition coefficient (Wildman–Crippen LogP) is 4.07. The van der Waals surface area contributed by atoms with Crippen LogP contribution in [0.2, 0.25) is 0 Å². The van der Waals surface area contributed by atoms with Crippen molar-refractivity contribution in [2.75, 3.05) is 18.4 Å². The molecule has 16 heavy (non-hydrogen) atoms. The van der Waals surface area contributed by atoms with Crippen LogP contribution in [-0.2, 0) is 0 Å². The molecule has 0 aliphatic carbocycles. The van der Waals surface area contributed by atoms with Crippen molar-refractivity contribution in [3.05, 3.63) is 20.3 Å². The SMILES string of the molecule is CCN(CCCBr)C(=O)c1cc(C)c(Br)s1. The number of aryl methyl sites for hydroxylation is 1. The van der Waals surface area contributed by atoms with E-state index in [0.717, 1.165) is 39.1 Å². The van der Waals surface area contributed by atoms with Gasteiger partial charge in [0, 0.05) is 18.4 Å². The largest absolute Gasteiger partial charge is 0.338 e. The minimum Gasteiger partial charge on any atom is -0.338 e. The zero-order valence-electron chi connectivity index (χ0n) is 9.43. The second kappa shape index (κ2) is 6.77. The number of halogens is 2. The van der Waals surface area contributed by atoms with Crippen LogP contribution < -0.4 is 0 Å². The minimum atomic E-state index is 0.141. The first-order chi connectivity index (χ1) is 7.60. The van der Waals surface area contributed by atoms with Crippen LogP contribution in [0.5, 0.6) is 0 Å². The number of carbonyl (C=O) groups is 1. The summed E-state index contributed by atoms with van der Waals surface area (Å²) in [6, 6.07) is 1.95. The van der Waals surface area contributed by atoms with Gasteiger partial charge in [0.1, 0.15) is 0 Å². The van der Waals surface area contributed by atoms with Crippen molar-refractivity contribution in [2.24, 2.45) is 0 Å². The van der Waals surface area contributed by atoms with Gasteiger partial charge in [0.25, 0.3) is 5.91 Å². The fraction of sp³-hybridized carbons (Fsp3) is 0.545. The van der Waals surface area contributed by atoms with Gasteiger partial charge in [-0.05, 0) is 47.8 Å². The monoisotopic (exact) mass is 367 g/mol. The van der Waals surface area contributed by atoms with Gasteiger partial charge in [-0.25, -0.2) is 0 Å². The number of hydrogen-bond donors (Lipinski definition) is 0. The summed E-state index contributed by atoms with van der Waals surface area (Å²) in [5, 5.41) is 0.934. The quantitative estimate of drug-likeness (QED) is 0.717. The molecule has 5 heteroatoms. The molecule has 0 fully saturated rings. The molecule has 1 amide bonds. The van der Waals surface area contributed by atoms with Crippen molar-refractivity contribution < 1.29 is 4.79 Å². The number of thiophene rings is 1. The van der Waals surface area contributed by atoms with E-state index in [9.17, 15) is 4.79 Å². The number of rotatable bonds is 5. The van der Waals surface area contributed by atoms with Gasteiger partial charge in [-0.2, -0.15) is 0 Å². The molecule has 0 N–H and O–H groups in total. The number of amides is 1. The first-order valence-corrected chi connectivity index (χ1v) is 7.94. The van der Waals surface area contributed by atoms with Crippen LogP contribution in [0.15, 0.2) is 9.85 Å². The molecule has 90 valence electrons. The Morgan fingerprint density at radius 1 is 1.56 bits per heavy atom. The van der Waals surface area contributed by atoms with E-state index in [0.29, 0.717) is 0 Å². The molecule has 0 aliphatic rings. The molecule has 2 nitrogen and oxygen atoms in total. The molecule has 0 unspecified atom stereocenters. The van der Waals surface area contributed by atoms with E-state index in [1.807, 2.05) is 24.8 Å². The average Bonchev–Trinajstić information content (AvgIpc) is 2.60. The zero-order valence-corrected chi connectivity index (χ0v) is 13.4. The summed E-state index contributed by atoms with van der Waals surface area (Å²) in [5.41, 5.74) is 1.13. The Hall–Kier alpha value is 0.130. The fourth-order valence-corrected chi connectivity index (χ4v) is 3.13. The standard InChI is InChI=1S/C11H15Br2NOS/c1-3-14(6-4-5-12)11(15)9-7-8(2)10(13)16-9/h7H,3-6H2,1-2H3. The predicted molar refractivity (Wildman–Crippen MR) is 76.7 cm³/mol. The second-order valence-electron chi connectivity index (χ2n) is 3.49. The van der Waals surface area contributed by atoms with Crippen molar-refractivity contribution in [3.8, 4) is 0 Å². The lowest BCUT2D eigenvalue weighted by Crippen LogP contribution is -2.31. The lowest BCUT2D eigenvalue weighted by molar-refractivity contribution is 0.0770. The van der Waals surface area contributed by atoms with E-state index in [1.54, 1.807) is 0 Å². The highest BCUT2D eigenvalue weighted by molar-refractivity contribution is 9.11. The van der Waals surface area contributed by atoms with E-state index in [2.05, 4.69) is 31.9 Å². The van der Waals surface area contributed by atoms with E-state index in [1.165, 1.54) is 11.3 Å². The van der Waals surface area contributed by atoms with Gasteiger partial charge >= 0.3 is 0 Å². The molecular formula is C11H15Br2NOS. The molecule has 0 aliphatic heterocycles. The van der Waals surface area contributed by atoms with E-state index in [4.69, 9.17) is 0 Å². The van der Waals surface area contributed by atoms with Crippen molar-refractivity contribution in [1.82, 2.24) is 4.90 Å². The molecular weight excluding hydrogens is 354 g/mol. The summed E-state index contributed by atoms with van der Waals surface area (Å²) in [7, 11) is 0. The smallest absolute Gasteiger partial charge is 0.263 e. The van der Waals surface area contributed by atoms with Crippen molar-refractivity contribution in [2.45, 2.75) is 20.3 Å². The summed E-state index contributed by atoms with van der Waals surface area (Å²) in [4.78, 5) is 14.9. The van der Waals surface area contributed by atoms with E-state index in [-0.39, 0.29) is 5.91 Å². The van der Waals surface area contributed by atoms with Crippen molar-refractivity contribution in [1.29, 1.82) is 0 Å². The summed E-state index contributed by atoms with van der Waals surface area (Å²) in [5.74, 6) is 0.141. The molecule has 1 aromatic heterocycles. The molecule has 0 aromatic carbocycles. The van der Waals surface area contributed by atoms with Gasteiger partial charge < -0.3 is 4.90 Å². The maximum absolute atomic E-state index is 12.1. The Bertz CT molecular complexity index is 345. The van der Waals surface area contributed by atoms with Crippen LogP contribution in [0.4, 0.5) is 0 Å². The third kappa shape index (κ3) is 3.57. The van der Waals surface area contributed by atoms with Gasteiger partial charge in [0.15, 0.2) is 0 Å². The minimum absolute atomic E-state index is 0.141. The Morgan fingerprint density at radius 3 is 2.69 bits per heavy atom. The van der Waals surface area contributed by atoms with Crippen LogP contribution in [0.3, 0.4) is 0 Å². The van der Waals surface area contributed by atoms with Gasteiger partial charge in [-0.15, -0.1) is 11.3 Å². The third-order valence-electron chi connectivity index (χ3n) is 2.30. The topological polar surface area (TPSA) is 20.3 Å². The van der Waals surface area contributed by atoms with Gasteiger partial charge in [0.05, 0.1) is 8.66 Å². The first kappa shape index (κ1) is 14.2. The van der Waals surface area contributed by atoms with Crippen LogP contribution in [0.25, 0.3) is 0 Å². The number of nitrogens with zero attached hydrogens (tertiary/aromatic N) is 1. The normalized spacial score (nSPS) is 10.5. The molecule has 0 atom stereocenters. The van der Waals surface area contributed by atoms with E-state index < -0.39 is 0 Å². The fourth-order valence-electron chi connectivity index (χ4n) is 1.37. The van der Waals surface area contributed by atoms with Crippen LogP contribution in [0.1, 0.15) is 28.6 Å². The molecule has 1 heterocycles. The molecule has 0 spiro atoms. The zero-order chi connectivity index (χ0) is 12.1. The Labute approximate surface area is 117 Å². The average molecular weight is 369 g/mol. The highest BCUT2D eigenvalue weighted by atomic mass is 79.9. The lowest BCUT2D eigenvalue weighted by atomic mass is 10.3. The van der Waals surface area contributed by atoms with Crippen LogP contribution in [0, 0.1) is 6.92 Å². The maximum Gasteiger partial charge on any atom is 0.263 e. The molecule has 0 saturated heterocycles. The highest BCUT2D eigenvalue weighted by Gasteiger charge is 2.16. The van der Waals surface area contributed by atoms with Crippen molar-refractivity contribution in [3.63, 3.8) is 0 Å². The second-order valence-corrected chi connectivity index (χ2v) is 6.66. The van der Waals surface area contributed by atoms with E-state index >= 15 is 0 Å². The summed E-state index contributed by atoms with van der Waals surface area (Å²) in [6.07, 6.45) is 0.991. The summed E-state index contributed by atoms with van der Waals surface area (Å²) in [6.45, 7) is 5.60. The Kier molecular flexibility index (Phi) is 6.00. The summed E-state index contributed by atoms with van der Waals surface area (Å²) >= 11 is 8.35.